The number of alkyl halides is 3. The zero-order valence-electron chi connectivity index (χ0n) is 14.1. The Morgan fingerprint density at radius 3 is 2.32 bits per heavy atom. The van der Waals surface area contributed by atoms with Crippen molar-refractivity contribution in [1.29, 1.82) is 0 Å². The highest BCUT2D eigenvalue weighted by Crippen LogP contribution is 2.38. The smallest absolute Gasteiger partial charge is 0.308 e. The van der Waals surface area contributed by atoms with Crippen molar-refractivity contribution < 1.29 is 18.0 Å². The molecular formula is C19H11F3N4OS. The van der Waals surface area contributed by atoms with E-state index < -0.39 is 12.1 Å². The molecule has 0 aliphatic rings. The monoisotopic (exact) mass is 400 g/mol. The fourth-order valence-electron chi connectivity index (χ4n) is 2.54. The summed E-state index contributed by atoms with van der Waals surface area (Å²) in [6, 6.07) is 15.9. The molecule has 1 N–H and O–H groups in total. The average Bonchev–Trinajstić information content (AvgIpc) is 3.11. The molecular weight excluding hydrogens is 389 g/mol. The third-order valence-electron chi connectivity index (χ3n) is 3.83. The Hall–Kier alpha value is -3.33. The Morgan fingerprint density at radius 1 is 0.929 bits per heavy atom. The lowest BCUT2D eigenvalue weighted by Gasteiger charge is -2.07. The predicted octanol–water partition coefficient (Wildman–Crippen LogP) is 4.92. The number of nitrogens with one attached hydrogen (secondary N) is 1. The molecule has 0 fully saturated rings. The number of nitrogens with zero attached hydrogens (tertiary/aromatic N) is 3. The van der Waals surface area contributed by atoms with E-state index in [0.29, 0.717) is 27.3 Å². The first-order valence-electron chi connectivity index (χ1n) is 8.08. The van der Waals surface area contributed by atoms with Crippen molar-refractivity contribution >= 4 is 33.3 Å². The minimum atomic E-state index is -5.00. The number of halogens is 3. The summed E-state index contributed by atoms with van der Waals surface area (Å²) in [4.78, 5) is 24.7. The standard InChI is InChI=1S/C19H11F3N4OS/c20-19(21,22)18(27)26-17-15(11-6-2-1-3-7-11)25-16(28-17)14-10-23-12-8-4-5-9-13(12)24-14/h1-10H,(H,26,27). The number of rotatable bonds is 3. The summed E-state index contributed by atoms with van der Waals surface area (Å²) < 4.78 is 38.2. The van der Waals surface area contributed by atoms with Gasteiger partial charge in [-0.05, 0) is 12.1 Å². The van der Waals surface area contributed by atoms with Gasteiger partial charge in [-0.25, -0.2) is 9.97 Å². The van der Waals surface area contributed by atoms with Crippen LogP contribution in [0.3, 0.4) is 0 Å². The van der Waals surface area contributed by atoms with Gasteiger partial charge in [0.25, 0.3) is 0 Å². The zero-order chi connectivity index (χ0) is 19.7. The quantitative estimate of drug-likeness (QED) is 0.530. The predicted molar refractivity (Wildman–Crippen MR) is 101 cm³/mol. The number of anilines is 1. The van der Waals surface area contributed by atoms with E-state index in [0.717, 1.165) is 11.3 Å². The average molecular weight is 400 g/mol. The molecule has 0 saturated heterocycles. The van der Waals surface area contributed by atoms with Crippen LogP contribution in [0.15, 0.2) is 60.8 Å². The lowest BCUT2D eigenvalue weighted by atomic mass is 10.1. The number of carbonyl (C=O) groups is 1. The Balaban J connectivity index is 1.81. The molecule has 4 rings (SSSR count). The van der Waals surface area contributed by atoms with E-state index in [1.54, 1.807) is 42.5 Å². The van der Waals surface area contributed by atoms with E-state index in [-0.39, 0.29) is 10.7 Å². The summed E-state index contributed by atoms with van der Waals surface area (Å²) in [5.41, 5.74) is 2.56. The minimum absolute atomic E-state index is 0.00140. The maximum atomic E-state index is 12.7. The fraction of sp³-hybridized carbons (Fsp3) is 0.0526. The largest absolute Gasteiger partial charge is 0.471 e. The molecule has 5 nitrogen and oxygen atoms in total. The molecule has 2 heterocycles. The maximum Gasteiger partial charge on any atom is 0.471 e. The van der Waals surface area contributed by atoms with Gasteiger partial charge < -0.3 is 5.32 Å². The van der Waals surface area contributed by atoms with Crippen LogP contribution in [-0.4, -0.2) is 27.0 Å². The molecule has 9 heteroatoms. The molecule has 4 aromatic rings. The lowest BCUT2D eigenvalue weighted by Crippen LogP contribution is -2.29. The molecule has 28 heavy (non-hydrogen) atoms. The van der Waals surface area contributed by atoms with Gasteiger partial charge in [0.15, 0.2) is 0 Å². The normalized spacial score (nSPS) is 11.5. The third kappa shape index (κ3) is 3.56. The second kappa shape index (κ2) is 7.01. The van der Waals surface area contributed by atoms with Crippen molar-refractivity contribution in [1.82, 2.24) is 15.0 Å². The summed E-state index contributed by atoms with van der Waals surface area (Å²) in [6.45, 7) is 0. The van der Waals surface area contributed by atoms with Crippen LogP contribution in [0.2, 0.25) is 0 Å². The highest BCUT2D eigenvalue weighted by Gasteiger charge is 2.39. The SMILES string of the molecule is O=C(Nc1sc(-c2cnc3ccccc3n2)nc1-c1ccccc1)C(F)(F)F. The second-order valence-electron chi connectivity index (χ2n) is 5.76. The van der Waals surface area contributed by atoms with Crippen LogP contribution in [0.4, 0.5) is 18.2 Å². The number of benzene rings is 2. The lowest BCUT2D eigenvalue weighted by molar-refractivity contribution is -0.167. The van der Waals surface area contributed by atoms with Crippen LogP contribution >= 0.6 is 11.3 Å². The van der Waals surface area contributed by atoms with Crippen LogP contribution in [-0.2, 0) is 4.79 Å². The van der Waals surface area contributed by atoms with Crippen molar-refractivity contribution in [3.8, 4) is 22.0 Å². The molecule has 0 spiro atoms. The molecule has 140 valence electrons. The highest BCUT2D eigenvalue weighted by atomic mass is 32.1. The summed E-state index contributed by atoms with van der Waals surface area (Å²) in [5, 5.41) is 2.27. The van der Waals surface area contributed by atoms with Crippen LogP contribution in [0.25, 0.3) is 33.0 Å². The molecule has 2 aromatic carbocycles. The fourth-order valence-corrected chi connectivity index (χ4v) is 3.48. The third-order valence-corrected chi connectivity index (χ3v) is 4.82. The summed E-state index contributed by atoms with van der Waals surface area (Å²) in [7, 11) is 0. The maximum absolute atomic E-state index is 12.7. The molecule has 0 unspecified atom stereocenters. The number of carbonyl (C=O) groups excluding carboxylic acids is 1. The van der Waals surface area contributed by atoms with E-state index in [9.17, 15) is 18.0 Å². The Kier molecular flexibility index (Phi) is 4.52. The molecule has 1 amide bonds. The summed E-state index contributed by atoms with van der Waals surface area (Å²) >= 11 is 0.915. The van der Waals surface area contributed by atoms with Gasteiger partial charge in [0, 0.05) is 5.56 Å². The highest BCUT2D eigenvalue weighted by molar-refractivity contribution is 7.19. The van der Waals surface area contributed by atoms with Gasteiger partial charge in [-0.15, -0.1) is 0 Å². The first-order valence-corrected chi connectivity index (χ1v) is 8.90. The first-order chi connectivity index (χ1) is 13.4. The number of amides is 1. The van der Waals surface area contributed by atoms with Crippen molar-refractivity contribution in [2.24, 2.45) is 0 Å². The number of thiazole rings is 1. The van der Waals surface area contributed by atoms with Crippen molar-refractivity contribution in [3.63, 3.8) is 0 Å². The van der Waals surface area contributed by atoms with E-state index in [2.05, 4.69) is 15.0 Å². The molecule has 2 aromatic heterocycles. The van der Waals surface area contributed by atoms with Crippen LogP contribution < -0.4 is 5.32 Å². The molecule has 0 saturated carbocycles. The van der Waals surface area contributed by atoms with Gasteiger partial charge in [-0.3, -0.25) is 9.78 Å². The van der Waals surface area contributed by atoms with Gasteiger partial charge in [-0.2, -0.15) is 13.2 Å². The van der Waals surface area contributed by atoms with E-state index in [4.69, 9.17) is 0 Å². The van der Waals surface area contributed by atoms with Gasteiger partial charge in [0.05, 0.1) is 17.2 Å². The Bertz CT molecular complexity index is 1160. The van der Waals surface area contributed by atoms with Crippen LogP contribution in [0.5, 0.6) is 0 Å². The van der Waals surface area contributed by atoms with E-state index >= 15 is 0 Å². The number of hydrogen-bond donors (Lipinski definition) is 1. The van der Waals surface area contributed by atoms with Gasteiger partial charge in [-0.1, -0.05) is 53.8 Å². The number of fused-ring (bicyclic) bond motifs is 1. The van der Waals surface area contributed by atoms with Crippen molar-refractivity contribution in [2.45, 2.75) is 6.18 Å². The molecule has 0 radical (unpaired) electrons. The summed E-state index contributed by atoms with van der Waals surface area (Å²) in [5.74, 6) is -2.05. The van der Waals surface area contributed by atoms with Crippen molar-refractivity contribution in [2.75, 3.05) is 5.32 Å². The molecule has 0 aliphatic carbocycles. The Labute approximate surface area is 160 Å². The first kappa shape index (κ1) is 18.1. The number of hydrogen-bond acceptors (Lipinski definition) is 5. The van der Waals surface area contributed by atoms with Crippen LogP contribution in [0.1, 0.15) is 0 Å². The molecule has 0 bridgehead atoms. The minimum Gasteiger partial charge on any atom is -0.308 e. The Morgan fingerprint density at radius 2 is 1.61 bits per heavy atom. The van der Waals surface area contributed by atoms with Crippen molar-refractivity contribution in [3.05, 3.63) is 60.8 Å². The van der Waals surface area contributed by atoms with Gasteiger partial charge in [0.1, 0.15) is 21.4 Å². The van der Waals surface area contributed by atoms with Gasteiger partial charge >= 0.3 is 12.1 Å². The molecule has 0 atom stereocenters. The van der Waals surface area contributed by atoms with E-state index in [1.807, 2.05) is 17.4 Å². The van der Waals surface area contributed by atoms with Crippen LogP contribution in [0, 0.1) is 0 Å². The number of para-hydroxylation sites is 2. The second-order valence-corrected chi connectivity index (χ2v) is 6.76. The molecule has 0 aliphatic heterocycles. The zero-order valence-corrected chi connectivity index (χ0v) is 14.9. The topological polar surface area (TPSA) is 67.8 Å². The van der Waals surface area contributed by atoms with Gasteiger partial charge in [0.2, 0.25) is 0 Å². The summed E-state index contributed by atoms with van der Waals surface area (Å²) in [6.07, 6.45) is -3.49. The van der Waals surface area contributed by atoms with E-state index in [1.165, 1.54) is 6.20 Å². The number of aromatic nitrogens is 3.